The summed E-state index contributed by atoms with van der Waals surface area (Å²) in [4.78, 5) is 15.5. The van der Waals surface area contributed by atoms with Gasteiger partial charge in [0.05, 0.1) is 8.07 Å². The molecule has 0 aromatic carbocycles. The summed E-state index contributed by atoms with van der Waals surface area (Å²) in [6.45, 7) is 9.13. The van der Waals surface area contributed by atoms with Gasteiger partial charge in [-0.3, -0.25) is 9.78 Å². The number of amides is 1. The number of carbonyl (C=O) groups excluding carboxylic acids is 1. The quantitative estimate of drug-likeness (QED) is 0.817. The molecule has 1 heterocycles. The summed E-state index contributed by atoms with van der Waals surface area (Å²) in [5.41, 5.74) is 7.33. The van der Waals surface area contributed by atoms with Gasteiger partial charge in [-0.1, -0.05) is 33.0 Å². The highest BCUT2D eigenvalue weighted by atomic mass is 28.3. The lowest BCUT2D eigenvalue weighted by atomic mass is 10.1. The Morgan fingerprint density at radius 2 is 2.12 bits per heavy atom. The molecule has 0 saturated carbocycles. The average molecular weight is 236 g/mol. The zero-order valence-corrected chi connectivity index (χ0v) is 11.4. The third kappa shape index (κ3) is 2.92. The Morgan fingerprint density at radius 1 is 1.50 bits per heavy atom. The van der Waals surface area contributed by atoms with Crippen LogP contribution in [0.2, 0.25) is 19.6 Å². The average Bonchev–Trinajstić information content (AvgIpc) is 2.17. The van der Waals surface area contributed by atoms with Crippen LogP contribution in [0.3, 0.4) is 0 Å². The van der Waals surface area contributed by atoms with Gasteiger partial charge in [0.15, 0.2) is 0 Å². The van der Waals surface area contributed by atoms with Crippen molar-refractivity contribution >= 4 is 14.0 Å². The molecule has 0 aliphatic rings. The largest absolute Gasteiger partial charge is 0.366 e. The molecule has 4 heteroatoms. The Labute approximate surface area is 98.1 Å². The van der Waals surface area contributed by atoms with Crippen LogP contribution in [0.4, 0.5) is 0 Å². The van der Waals surface area contributed by atoms with Gasteiger partial charge < -0.3 is 5.73 Å². The summed E-state index contributed by atoms with van der Waals surface area (Å²) < 4.78 is 0. The maximum Gasteiger partial charge on any atom is 0.248 e. The van der Waals surface area contributed by atoms with E-state index in [9.17, 15) is 4.79 Å². The summed E-state index contributed by atoms with van der Waals surface area (Å²) in [7, 11) is -1.30. The van der Waals surface area contributed by atoms with E-state index in [2.05, 4.69) is 31.5 Å². The summed E-state index contributed by atoms with van der Waals surface area (Å²) >= 11 is 0. The van der Waals surface area contributed by atoms with Gasteiger partial charge in [0.2, 0.25) is 5.91 Å². The molecule has 1 unspecified atom stereocenters. The number of aromatic nitrogens is 1. The van der Waals surface area contributed by atoms with E-state index in [4.69, 9.17) is 5.73 Å². The fourth-order valence-corrected chi connectivity index (χ4v) is 4.33. The van der Waals surface area contributed by atoms with Gasteiger partial charge in [0.25, 0.3) is 0 Å². The molecule has 0 aliphatic carbocycles. The number of nitrogens with two attached hydrogens (primary N) is 1. The van der Waals surface area contributed by atoms with E-state index in [1.165, 1.54) is 0 Å². The van der Waals surface area contributed by atoms with Crippen molar-refractivity contribution in [3.63, 3.8) is 0 Å². The molecule has 0 spiro atoms. The number of nitrogens with zero attached hydrogens (tertiary/aromatic N) is 1. The fraction of sp³-hybridized carbons (Fsp3) is 0.500. The molecule has 1 amide bonds. The van der Waals surface area contributed by atoms with E-state index in [1.54, 1.807) is 12.3 Å². The Bertz CT molecular complexity index is 385. The van der Waals surface area contributed by atoms with Crippen molar-refractivity contribution in [1.82, 2.24) is 4.98 Å². The number of carbonyl (C=O) groups is 1. The lowest BCUT2D eigenvalue weighted by Crippen LogP contribution is -2.31. The third-order valence-electron chi connectivity index (χ3n) is 2.88. The molecule has 88 valence electrons. The molecule has 0 bridgehead atoms. The highest BCUT2D eigenvalue weighted by molar-refractivity contribution is 6.77. The van der Waals surface area contributed by atoms with Gasteiger partial charge in [-0.05, 0) is 17.7 Å². The molecule has 2 N–H and O–H groups in total. The molecule has 1 rings (SSSR count). The van der Waals surface area contributed by atoms with E-state index in [0.29, 0.717) is 11.1 Å². The second-order valence-electron chi connectivity index (χ2n) is 5.16. The van der Waals surface area contributed by atoms with Crippen molar-refractivity contribution in [2.75, 3.05) is 0 Å². The first kappa shape index (κ1) is 12.9. The van der Waals surface area contributed by atoms with Gasteiger partial charge in [-0.15, -0.1) is 0 Å². The maximum absolute atomic E-state index is 11.1. The standard InChI is InChI=1S/C12H20N2OSi/c1-5-11(16(2,3)4)10-8-9(12(13)15)6-7-14-10/h6-8,11H,5H2,1-4H3,(H2,13,15). The van der Waals surface area contributed by atoms with Crippen molar-refractivity contribution in [2.24, 2.45) is 5.73 Å². The van der Waals surface area contributed by atoms with Gasteiger partial charge >= 0.3 is 0 Å². The van der Waals surface area contributed by atoms with Crippen LogP contribution >= 0.6 is 0 Å². The predicted octanol–water partition coefficient (Wildman–Crippen LogP) is 2.55. The Morgan fingerprint density at radius 3 is 2.56 bits per heavy atom. The second kappa shape index (κ2) is 4.78. The maximum atomic E-state index is 11.1. The molecule has 1 aromatic heterocycles. The fourth-order valence-electron chi connectivity index (χ4n) is 2.06. The van der Waals surface area contributed by atoms with Gasteiger partial charge in [-0.25, -0.2) is 0 Å². The Balaban J connectivity index is 3.11. The molecule has 0 radical (unpaired) electrons. The molecule has 1 aromatic rings. The molecule has 0 aliphatic heterocycles. The first-order chi connectivity index (χ1) is 7.36. The minimum Gasteiger partial charge on any atom is -0.366 e. The molecule has 1 atom stereocenters. The van der Waals surface area contributed by atoms with Crippen LogP contribution in [-0.4, -0.2) is 19.0 Å². The zero-order valence-electron chi connectivity index (χ0n) is 10.4. The van der Waals surface area contributed by atoms with Gasteiger partial charge in [0, 0.05) is 17.5 Å². The SMILES string of the molecule is CCC(c1cc(C(N)=O)ccn1)[Si](C)(C)C. The van der Waals surface area contributed by atoms with Crippen LogP contribution < -0.4 is 5.73 Å². The van der Waals surface area contributed by atoms with Crippen molar-refractivity contribution < 1.29 is 4.79 Å². The van der Waals surface area contributed by atoms with Crippen molar-refractivity contribution in [1.29, 1.82) is 0 Å². The zero-order chi connectivity index (χ0) is 12.3. The first-order valence-corrected chi connectivity index (χ1v) is 9.19. The number of rotatable bonds is 4. The van der Waals surface area contributed by atoms with E-state index >= 15 is 0 Å². The first-order valence-electron chi connectivity index (χ1n) is 5.62. The molecule has 0 fully saturated rings. The summed E-state index contributed by atoms with van der Waals surface area (Å²) in [6.07, 6.45) is 2.74. The molecular weight excluding hydrogens is 216 g/mol. The van der Waals surface area contributed by atoms with Crippen LogP contribution in [0, 0.1) is 0 Å². The lowest BCUT2D eigenvalue weighted by Gasteiger charge is -2.27. The van der Waals surface area contributed by atoms with Crippen LogP contribution in [0.1, 0.15) is 34.9 Å². The smallest absolute Gasteiger partial charge is 0.248 e. The van der Waals surface area contributed by atoms with Crippen LogP contribution in [-0.2, 0) is 0 Å². The van der Waals surface area contributed by atoms with Crippen molar-refractivity contribution in [3.8, 4) is 0 Å². The molecular formula is C12H20N2OSi. The number of hydrogen-bond acceptors (Lipinski definition) is 2. The van der Waals surface area contributed by atoms with Gasteiger partial charge in [-0.2, -0.15) is 0 Å². The highest BCUT2D eigenvalue weighted by Gasteiger charge is 2.27. The highest BCUT2D eigenvalue weighted by Crippen LogP contribution is 2.28. The third-order valence-corrected chi connectivity index (χ3v) is 5.67. The molecule has 16 heavy (non-hydrogen) atoms. The summed E-state index contributed by atoms with van der Waals surface area (Å²) in [5, 5.41) is 0. The van der Waals surface area contributed by atoms with Gasteiger partial charge in [0.1, 0.15) is 0 Å². The summed E-state index contributed by atoms with van der Waals surface area (Å²) in [5.74, 6) is -0.380. The van der Waals surface area contributed by atoms with E-state index in [1.807, 2.05) is 6.07 Å². The number of hydrogen-bond donors (Lipinski definition) is 1. The molecule has 0 saturated heterocycles. The van der Waals surface area contributed by atoms with E-state index in [0.717, 1.165) is 12.1 Å². The predicted molar refractivity (Wildman–Crippen MR) is 69.1 cm³/mol. The Kier molecular flexibility index (Phi) is 3.86. The van der Waals surface area contributed by atoms with E-state index < -0.39 is 8.07 Å². The number of primary amides is 1. The van der Waals surface area contributed by atoms with Crippen molar-refractivity contribution in [3.05, 3.63) is 29.6 Å². The monoisotopic (exact) mass is 236 g/mol. The van der Waals surface area contributed by atoms with Crippen LogP contribution in [0.5, 0.6) is 0 Å². The van der Waals surface area contributed by atoms with Crippen molar-refractivity contribution in [2.45, 2.75) is 38.5 Å². The Hall–Kier alpha value is -1.16. The normalized spacial score (nSPS) is 13.5. The van der Waals surface area contributed by atoms with Crippen LogP contribution in [0.25, 0.3) is 0 Å². The number of pyridine rings is 1. The second-order valence-corrected chi connectivity index (χ2v) is 10.6. The summed E-state index contributed by atoms with van der Waals surface area (Å²) in [6, 6.07) is 3.51. The lowest BCUT2D eigenvalue weighted by molar-refractivity contribution is 0.1000. The minimum atomic E-state index is -1.30. The minimum absolute atomic E-state index is 0.380. The van der Waals surface area contributed by atoms with Crippen LogP contribution in [0.15, 0.2) is 18.3 Å². The topological polar surface area (TPSA) is 56.0 Å². The van der Waals surface area contributed by atoms with E-state index in [-0.39, 0.29) is 5.91 Å². The molecule has 3 nitrogen and oxygen atoms in total.